The molecule has 0 spiro atoms. The fourth-order valence-electron chi connectivity index (χ4n) is 0.879. The predicted octanol–water partition coefficient (Wildman–Crippen LogP) is 2.58. The number of nitro groups is 1. The van der Waals surface area contributed by atoms with E-state index in [9.17, 15) is 15.2 Å². The minimum Gasteiger partial charge on any atom is -0.506 e. The number of phenols is 1. The van der Waals surface area contributed by atoms with E-state index in [0.717, 1.165) is 0 Å². The van der Waals surface area contributed by atoms with Crippen LogP contribution in [0.1, 0.15) is 5.56 Å². The highest BCUT2D eigenvalue weighted by Crippen LogP contribution is 2.31. The van der Waals surface area contributed by atoms with Crippen LogP contribution in [-0.4, -0.2) is 10.0 Å². The molecule has 1 aromatic carbocycles. The van der Waals surface area contributed by atoms with Crippen LogP contribution >= 0.6 is 27.5 Å². The summed E-state index contributed by atoms with van der Waals surface area (Å²) in [6.45, 7) is -0.439. The van der Waals surface area contributed by atoms with Crippen molar-refractivity contribution in [3.8, 4) is 5.75 Å². The Labute approximate surface area is 87.4 Å². The molecule has 0 aliphatic carbocycles. The van der Waals surface area contributed by atoms with E-state index < -0.39 is 11.5 Å². The second-order valence-electron chi connectivity index (χ2n) is 2.39. The molecule has 4 nitrogen and oxygen atoms in total. The topological polar surface area (TPSA) is 63.4 Å². The van der Waals surface area contributed by atoms with E-state index in [-0.39, 0.29) is 11.3 Å². The fourth-order valence-corrected chi connectivity index (χ4v) is 1.75. The van der Waals surface area contributed by atoms with Crippen LogP contribution in [0.25, 0.3) is 0 Å². The van der Waals surface area contributed by atoms with Gasteiger partial charge in [-0.05, 0) is 28.1 Å². The SMILES string of the molecule is O=[N+]([O-])Cc1cc(Cl)cc(Br)c1O. The maximum Gasteiger partial charge on any atom is 0.232 e. The van der Waals surface area contributed by atoms with Gasteiger partial charge in [-0.2, -0.15) is 0 Å². The summed E-state index contributed by atoms with van der Waals surface area (Å²) in [5, 5.41) is 19.9. The van der Waals surface area contributed by atoms with Crippen LogP contribution < -0.4 is 0 Å². The zero-order valence-corrected chi connectivity index (χ0v) is 8.67. The lowest BCUT2D eigenvalue weighted by Gasteiger charge is -2.02. The van der Waals surface area contributed by atoms with E-state index >= 15 is 0 Å². The molecule has 0 radical (unpaired) electrons. The smallest absolute Gasteiger partial charge is 0.232 e. The molecule has 0 heterocycles. The monoisotopic (exact) mass is 265 g/mol. The second kappa shape index (κ2) is 3.93. The lowest BCUT2D eigenvalue weighted by molar-refractivity contribution is -0.496. The molecule has 0 atom stereocenters. The molecule has 0 unspecified atom stereocenters. The molecule has 0 amide bonds. The molecule has 0 saturated carbocycles. The Morgan fingerprint density at radius 3 is 2.77 bits per heavy atom. The molecule has 0 saturated heterocycles. The first-order valence-corrected chi connectivity index (χ1v) is 4.46. The van der Waals surface area contributed by atoms with Gasteiger partial charge in [0.2, 0.25) is 6.54 Å². The Balaban J connectivity index is 3.12. The van der Waals surface area contributed by atoms with Gasteiger partial charge in [0.25, 0.3) is 0 Å². The molecule has 70 valence electrons. The van der Waals surface area contributed by atoms with Crippen molar-refractivity contribution in [2.75, 3.05) is 0 Å². The Morgan fingerprint density at radius 2 is 2.23 bits per heavy atom. The third-order valence-electron chi connectivity index (χ3n) is 1.41. The standard InChI is InChI=1S/C7H5BrClNO3/c8-6-2-5(9)1-4(7(6)11)3-10(12)13/h1-2,11H,3H2. The number of nitrogens with zero attached hydrogens (tertiary/aromatic N) is 1. The average Bonchev–Trinajstić information content (AvgIpc) is 1.98. The van der Waals surface area contributed by atoms with E-state index in [4.69, 9.17) is 11.6 Å². The molecule has 1 rings (SSSR count). The first-order valence-electron chi connectivity index (χ1n) is 3.29. The van der Waals surface area contributed by atoms with Crippen LogP contribution in [0.5, 0.6) is 5.75 Å². The summed E-state index contributed by atoms with van der Waals surface area (Å²) in [5.74, 6) is -0.138. The second-order valence-corrected chi connectivity index (χ2v) is 3.68. The molecule has 13 heavy (non-hydrogen) atoms. The van der Waals surface area contributed by atoms with E-state index in [1.54, 1.807) is 0 Å². The zero-order chi connectivity index (χ0) is 10.0. The molecule has 1 N–H and O–H groups in total. The Bertz CT molecular complexity index is 356. The summed E-state index contributed by atoms with van der Waals surface area (Å²) >= 11 is 8.67. The summed E-state index contributed by atoms with van der Waals surface area (Å²) in [6, 6.07) is 2.84. The van der Waals surface area contributed by atoms with Crippen LogP contribution in [0.3, 0.4) is 0 Å². The Morgan fingerprint density at radius 1 is 1.62 bits per heavy atom. The number of hydrogen-bond donors (Lipinski definition) is 1. The molecule has 0 bridgehead atoms. The molecule has 1 aromatic rings. The van der Waals surface area contributed by atoms with Crippen LogP contribution in [0.4, 0.5) is 0 Å². The molecule has 0 fully saturated rings. The molecule has 0 aromatic heterocycles. The van der Waals surface area contributed by atoms with Crippen LogP contribution in [0.2, 0.25) is 5.02 Å². The van der Waals surface area contributed by atoms with Crippen molar-refractivity contribution >= 4 is 27.5 Å². The fraction of sp³-hybridized carbons (Fsp3) is 0.143. The molecule has 0 aliphatic heterocycles. The number of rotatable bonds is 2. The zero-order valence-electron chi connectivity index (χ0n) is 6.33. The van der Waals surface area contributed by atoms with Crippen molar-refractivity contribution in [2.45, 2.75) is 6.54 Å². The van der Waals surface area contributed by atoms with Crippen LogP contribution in [-0.2, 0) is 6.54 Å². The van der Waals surface area contributed by atoms with Crippen molar-refractivity contribution < 1.29 is 10.0 Å². The number of phenolic OH excluding ortho intramolecular Hbond substituents is 1. The minimum atomic E-state index is -0.530. The maximum absolute atomic E-state index is 10.2. The van der Waals surface area contributed by atoms with E-state index in [1.165, 1.54) is 12.1 Å². The van der Waals surface area contributed by atoms with Crippen LogP contribution in [0.15, 0.2) is 16.6 Å². The summed E-state index contributed by atoms with van der Waals surface area (Å²) < 4.78 is 0.358. The number of halogens is 2. The molecular weight excluding hydrogens is 261 g/mol. The average molecular weight is 266 g/mol. The first-order chi connectivity index (χ1) is 6.00. The highest BCUT2D eigenvalue weighted by molar-refractivity contribution is 9.10. The van der Waals surface area contributed by atoms with Crippen molar-refractivity contribution in [1.82, 2.24) is 0 Å². The highest BCUT2D eigenvalue weighted by atomic mass is 79.9. The van der Waals surface area contributed by atoms with Gasteiger partial charge < -0.3 is 5.11 Å². The molecular formula is C7H5BrClNO3. The summed E-state index contributed by atoms with van der Waals surface area (Å²) in [7, 11) is 0. The summed E-state index contributed by atoms with van der Waals surface area (Å²) in [5.41, 5.74) is 0.198. The van der Waals surface area contributed by atoms with Gasteiger partial charge in [-0.15, -0.1) is 0 Å². The van der Waals surface area contributed by atoms with Crippen molar-refractivity contribution in [3.05, 3.63) is 37.3 Å². The highest BCUT2D eigenvalue weighted by Gasteiger charge is 2.11. The van der Waals surface area contributed by atoms with Gasteiger partial charge in [0.05, 0.1) is 10.0 Å². The number of benzene rings is 1. The van der Waals surface area contributed by atoms with E-state index in [2.05, 4.69) is 15.9 Å². The van der Waals surface area contributed by atoms with Gasteiger partial charge in [0, 0.05) is 9.95 Å². The third-order valence-corrected chi connectivity index (χ3v) is 2.23. The Hall–Kier alpha value is -0.810. The van der Waals surface area contributed by atoms with Gasteiger partial charge in [0.1, 0.15) is 5.75 Å². The lowest BCUT2D eigenvalue weighted by Crippen LogP contribution is -1.98. The maximum atomic E-state index is 10.2. The number of hydrogen-bond acceptors (Lipinski definition) is 3. The Kier molecular flexibility index (Phi) is 3.11. The molecule has 6 heteroatoms. The van der Waals surface area contributed by atoms with Gasteiger partial charge in [-0.25, -0.2) is 0 Å². The lowest BCUT2D eigenvalue weighted by atomic mass is 10.2. The van der Waals surface area contributed by atoms with E-state index in [1.807, 2.05) is 0 Å². The minimum absolute atomic E-state index is 0.138. The number of aromatic hydroxyl groups is 1. The normalized spacial score (nSPS) is 10.0. The summed E-state index contributed by atoms with van der Waals surface area (Å²) in [6.07, 6.45) is 0. The van der Waals surface area contributed by atoms with E-state index in [0.29, 0.717) is 9.50 Å². The van der Waals surface area contributed by atoms with Gasteiger partial charge >= 0.3 is 0 Å². The van der Waals surface area contributed by atoms with Gasteiger partial charge in [-0.1, -0.05) is 11.6 Å². The molecule has 0 aliphatic rings. The predicted molar refractivity (Wildman–Crippen MR) is 51.5 cm³/mol. The third kappa shape index (κ3) is 2.57. The van der Waals surface area contributed by atoms with Crippen molar-refractivity contribution in [3.63, 3.8) is 0 Å². The van der Waals surface area contributed by atoms with Crippen molar-refractivity contribution in [1.29, 1.82) is 0 Å². The first kappa shape index (κ1) is 10.3. The quantitative estimate of drug-likeness (QED) is 0.661. The largest absolute Gasteiger partial charge is 0.506 e. The van der Waals surface area contributed by atoms with Crippen LogP contribution in [0, 0.1) is 10.1 Å². The van der Waals surface area contributed by atoms with Crippen molar-refractivity contribution in [2.24, 2.45) is 0 Å². The van der Waals surface area contributed by atoms with Gasteiger partial charge in [-0.3, -0.25) is 10.1 Å². The summed E-state index contributed by atoms with van der Waals surface area (Å²) in [4.78, 5) is 9.65. The van der Waals surface area contributed by atoms with Gasteiger partial charge in [0.15, 0.2) is 0 Å².